The number of hydrogen-bond acceptors (Lipinski definition) is 2. The minimum absolute atomic E-state index is 0.00958. The predicted octanol–water partition coefficient (Wildman–Crippen LogP) is 7.83. The van der Waals surface area contributed by atoms with Gasteiger partial charge in [0.05, 0.1) is 6.61 Å². The Morgan fingerprint density at radius 2 is 1.80 bits per heavy atom. The fourth-order valence-electron chi connectivity index (χ4n) is 3.76. The van der Waals surface area contributed by atoms with Crippen molar-refractivity contribution in [2.24, 2.45) is 11.3 Å². The topological polar surface area (TPSA) is 26.3 Å². The number of carbonyl (C=O) groups is 1. The van der Waals surface area contributed by atoms with Gasteiger partial charge >= 0.3 is 5.97 Å². The zero-order chi connectivity index (χ0) is 22.9. The second-order valence-corrected chi connectivity index (χ2v) is 8.58. The largest absolute Gasteiger partial charge is 0.466 e. The fraction of sp³-hybridized carbons (Fsp3) is 0.464. The van der Waals surface area contributed by atoms with Crippen LogP contribution in [0, 0.1) is 11.3 Å². The van der Waals surface area contributed by atoms with Gasteiger partial charge in [0.25, 0.3) is 0 Å². The molecule has 0 saturated carbocycles. The summed E-state index contributed by atoms with van der Waals surface area (Å²) >= 11 is 0. The van der Waals surface area contributed by atoms with E-state index in [9.17, 15) is 4.79 Å². The van der Waals surface area contributed by atoms with Crippen molar-refractivity contribution in [3.63, 3.8) is 0 Å². The maximum Gasteiger partial charge on any atom is 0.302 e. The van der Waals surface area contributed by atoms with E-state index >= 15 is 0 Å². The minimum Gasteiger partial charge on any atom is -0.466 e. The highest BCUT2D eigenvalue weighted by Gasteiger charge is 2.30. The molecule has 2 heteroatoms. The first-order chi connectivity index (χ1) is 14.0. The summed E-state index contributed by atoms with van der Waals surface area (Å²) in [6.45, 7) is 27.8. The highest BCUT2D eigenvalue weighted by Crippen LogP contribution is 2.42. The SMILES string of the molecule is C=C(/C=C(/CCCOC(C)=O)C(=C)CC)C(=C)/C(=C\C(=C)[C@@]1(C)C=CC(C)C1)CC. The van der Waals surface area contributed by atoms with Gasteiger partial charge in [-0.05, 0) is 65.9 Å². The first kappa shape index (κ1) is 25.7. The Kier molecular flexibility index (Phi) is 10.0. The van der Waals surface area contributed by atoms with Gasteiger partial charge in [-0.2, -0.15) is 0 Å². The van der Waals surface area contributed by atoms with E-state index in [1.165, 1.54) is 6.92 Å². The van der Waals surface area contributed by atoms with Crippen LogP contribution < -0.4 is 0 Å². The van der Waals surface area contributed by atoms with Crippen molar-refractivity contribution in [2.45, 2.75) is 66.7 Å². The van der Waals surface area contributed by atoms with Crippen molar-refractivity contribution in [3.8, 4) is 0 Å². The van der Waals surface area contributed by atoms with Crippen LogP contribution in [0.1, 0.15) is 66.7 Å². The van der Waals surface area contributed by atoms with Crippen molar-refractivity contribution in [1.29, 1.82) is 0 Å². The van der Waals surface area contributed by atoms with Gasteiger partial charge in [0, 0.05) is 12.3 Å². The molecule has 2 atom stereocenters. The van der Waals surface area contributed by atoms with Gasteiger partial charge in [-0.1, -0.05) is 83.9 Å². The van der Waals surface area contributed by atoms with Crippen LogP contribution in [-0.4, -0.2) is 12.6 Å². The van der Waals surface area contributed by atoms with Crippen molar-refractivity contribution < 1.29 is 9.53 Å². The quantitative estimate of drug-likeness (QED) is 0.142. The highest BCUT2D eigenvalue weighted by molar-refractivity contribution is 5.65. The second-order valence-electron chi connectivity index (χ2n) is 8.58. The lowest BCUT2D eigenvalue weighted by Gasteiger charge is -2.25. The van der Waals surface area contributed by atoms with E-state index < -0.39 is 0 Å². The fourth-order valence-corrected chi connectivity index (χ4v) is 3.76. The van der Waals surface area contributed by atoms with E-state index in [0.717, 1.165) is 65.5 Å². The summed E-state index contributed by atoms with van der Waals surface area (Å²) in [5.41, 5.74) is 6.36. The Balaban J connectivity index is 2.96. The molecule has 0 amide bonds. The van der Waals surface area contributed by atoms with Crippen LogP contribution >= 0.6 is 0 Å². The molecule has 1 rings (SSSR count). The van der Waals surface area contributed by atoms with Crippen molar-refractivity contribution in [3.05, 3.63) is 84.1 Å². The van der Waals surface area contributed by atoms with Crippen LogP contribution in [0.15, 0.2) is 84.1 Å². The molecule has 2 nitrogen and oxygen atoms in total. The molecule has 1 unspecified atom stereocenters. The van der Waals surface area contributed by atoms with Crippen LogP contribution in [0.5, 0.6) is 0 Å². The van der Waals surface area contributed by atoms with Gasteiger partial charge in [-0.25, -0.2) is 0 Å². The molecule has 0 aromatic carbocycles. The standard InChI is InChI=1S/C28H40O2/c1-10-21(4)27(13-12-16-30-25(8)29)17-22(5)24(7)26(11-2)18-23(6)28(9)15-14-20(3)19-28/h14-15,17-18,20H,4-7,10-13,16,19H2,1-3,8-9H3/b26-18-,27-17-/t20?,28-/m0/s1. The molecule has 30 heavy (non-hydrogen) atoms. The molecule has 1 aliphatic rings. The third-order valence-electron chi connectivity index (χ3n) is 5.90. The first-order valence-corrected chi connectivity index (χ1v) is 11.0. The van der Waals surface area contributed by atoms with Crippen molar-refractivity contribution >= 4 is 5.97 Å². The van der Waals surface area contributed by atoms with E-state index in [-0.39, 0.29) is 11.4 Å². The third kappa shape index (κ3) is 7.48. The summed E-state index contributed by atoms with van der Waals surface area (Å²) in [7, 11) is 0. The second kappa shape index (κ2) is 11.7. The summed E-state index contributed by atoms with van der Waals surface area (Å²) in [6.07, 6.45) is 13.2. The summed E-state index contributed by atoms with van der Waals surface area (Å²) in [5, 5.41) is 0. The number of carbonyl (C=O) groups excluding carboxylic acids is 1. The Morgan fingerprint density at radius 1 is 1.13 bits per heavy atom. The lowest BCUT2D eigenvalue weighted by Crippen LogP contribution is -2.13. The third-order valence-corrected chi connectivity index (χ3v) is 5.90. The van der Waals surface area contributed by atoms with E-state index in [2.05, 4.69) is 78.3 Å². The number of rotatable bonds is 12. The van der Waals surface area contributed by atoms with Crippen LogP contribution in [-0.2, 0) is 9.53 Å². The molecule has 0 aromatic rings. The number of ether oxygens (including phenoxy) is 1. The van der Waals surface area contributed by atoms with E-state index in [1.54, 1.807) is 0 Å². The zero-order valence-electron chi connectivity index (χ0n) is 19.8. The Bertz CT molecular complexity index is 787. The first-order valence-electron chi connectivity index (χ1n) is 11.0. The van der Waals surface area contributed by atoms with Crippen LogP contribution in [0.25, 0.3) is 0 Å². The average molecular weight is 409 g/mol. The maximum atomic E-state index is 11.0. The molecule has 0 aromatic heterocycles. The van der Waals surface area contributed by atoms with E-state index in [1.807, 2.05) is 0 Å². The molecular weight excluding hydrogens is 368 g/mol. The van der Waals surface area contributed by atoms with Crippen molar-refractivity contribution in [2.75, 3.05) is 6.61 Å². The Labute approximate surface area is 184 Å². The predicted molar refractivity (Wildman–Crippen MR) is 130 cm³/mol. The van der Waals surface area contributed by atoms with Crippen LogP contribution in [0.2, 0.25) is 0 Å². The molecule has 0 N–H and O–H groups in total. The van der Waals surface area contributed by atoms with Gasteiger partial charge in [-0.3, -0.25) is 4.79 Å². The smallest absolute Gasteiger partial charge is 0.302 e. The van der Waals surface area contributed by atoms with E-state index in [4.69, 9.17) is 4.74 Å². The number of allylic oxidation sites excluding steroid dienone is 10. The molecule has 0 fully saturated rings. The van der Waals surface area contributed by atoms with Gasteiger partial charge in [0.2, 0.25) is 0 Å². The Hall–Kier alpha value is -2.35. The minimum atomic E-state index is -0.245. The lowest BCUT2D eigenvalue weighted by atomic mass is 9.79. The van der Waals surface area contributed by atoms with Gasteiger partial charge in [0.15, 0.2) is 0 Å². The summed E-state index contributed by atoms with van der Waals surface area (Å²) < 4.78 is 5.06. The lowest BCUT2D eigenvalue weighted by molar-refractivity contribution is -0.141. The molecule has 0 radical (unpaired) electrons. The molecular formula is C28H40O2. The number of hydrogen-bond donors (Lipinski definition) is 0. The molecule has 0 spiro atoms. The molecule has 164 valence electrons. The highest BCUT2D eigenvalue weighted by atomic mass is 16.5. The maximum absolute atomic E-state index is 11.0. The summed E-state index contributed by atoms with van der Waals surface area (Å²) in [4.78, 5) is 11.0. The normalized spacial score (nSPS) is 21.4. The molecule has 0 bridgehead atoms. The van der Waals surface area contributed by atoms with Crippen molar-refractivity contribution in [1.82, 2.24) is 0 Å². The zero-order valence-corrected chi connectivity index (χ0v) is 19.8. The Morgan fingerprint density at radius 3 is 2.30 bits per heavy atom. The molecule has 0 saturated heterocycles. The average Bonchev–Trinajstić information content (AvgIpc) is 3.06. The number of esters is 1. The molecule has 0 heterocycles. The van der Waals surface area contributed by atoms with E-state index in [0.29, 0.717) is 12.5 Å². The van der Waals surface area contributed by atoms with Gasteiger partial charge < -0.3 is 4.74 Å². The summed E-state index contributed by atoms with van der Waals surface area (Å²) in [5.74, 6) is 0.340. The molecule has 1 aliphatic carbocycles. The van der Waals surface area contributed by atoms with Gasteiger partial charge in [-0.15, -0.1) is 0 Å². The van der Waals surface area contributed by atoms with Gasteiger partial charge in [0.1, 0.15) is 0 Å². The summed E-state index contributed by atoms with van der Waals surface area (Å²) in [6, 6.07) is 0. The molecule has 0 aliphatic heterocycles. The van der Waals surface area contributed by atoms with Crippen LogP contribution in [0.4, 0.5) is 0 Å². The van der Waals surface area contributed by atoms with Crippen LogP contribution in [0.3, 0.4) is 0 Å². The monoisotopic (exact) mass is 408 g/mol.